The Morgan fingerprint density at radius 1 is 1.40 bits per heavy atom. The standard InChI is InChI=1S/C19H23N3O3/c1-11-15-14(10-24-11)20-17(21-15)13-7-5-6-12-8-9-22(16(12)13)18(23)25-19(2,3)4/h5-7,11H,8-10H2,1-4H3,(H,20,21). The number of imidazole rings is 1. The molecule has 0 aliphatic carbocycles. The molecule has 1 N–H and O–H groups in total. The summed E-state index contributed by atoms with van der Waals surface area (Å²) in [6, 6.07) is 6.08. The highest BCUT2D eigenvalue weighted by molar-refractivity contribution is 5.96. The maximum absolute atomic E-state index is 12.7. The Morgan fingerprint density at radius 3 is 2.92 bits per heavy atom. The highest BCUT2D eigenvalue weighted by Gasteiger charge is 2.33. The molecule has 0 fully saturated rings. The summed E-state index contributed by atoms with van der Waals surface area (Å²) in [5.74, 6) is 0.785. The number of amides is 1. The first-order valence-electron chi connectivity index (χ1n) is 8.66. The third-order valence-corrected chi connectivity index (χ3v) is 4.54. The van der Waals surface area contributed by atoms with E-state index in [1.165, 1.54) is 0 Å². The number of nitrogens with one attached hydrogen (secondary N) is 1. The molecule has 0 bridgehead atoms. The summed E-state index contributed by atoms with van der Waals surface area (Å²) in [7, 11) is 0. The van der Waals surface area contributed by atoms with Gasteiger partial charge in [0.1, 0.15) is 11.4 Å². The minimum absolute atomic E-state index is 0.00119. The third kappa shape index (κ3) is 2.80. The number of aromatic amines is 1. The lowest BCUT2D eigenvalue weighted by Gasteiger charge is -2.25. The van der Waals surface area contributed by atoms with Gasteiger partial charge in [0.2, 0.25) is 0 Å². The van der Waals surface area contributed by atoms with Crippen LogP contribution in [0.5, 0.6) is 0 Å². The molecule has 6 heteroatoms. The van der Waals surface area contributed by atoms with Crippen LogP contribution in [0.4, 0.5) is 10.5 Å². The van der Waals surface area contributed by atoms with Crippen molar-refractivity contribution in [3.8, 4) is 11.4 Å². The quantitative estimate of drug-likeness (QED) is 0.852. The number of ether oxygens (including phenoxy) is 2. The number of H-pyrrole nitrogens is 1. The molecule has 1 atom stereocenters. The number of para-hydroxylation sites is 1. The van der Waals surface area contributed by atoms with Gasteiger partial charge < -0.3 is 14.5 Å². The molecule has 0 radical (unpaired) electrons. The molecule has 2 aliphatic rings. The van der Waals surface area contributed by atoms with Crippen LogP contribution in [-0.4, -0.2) is 28.2 Å². The van der Waals surface area contributed by atoms with Crippen molar-refractivity contribution >= 4 is 11.8 Å². The van der Waals surface area contributed by atoms with E-state index in [-0.39, 0.29) is 12.2 Å². The Hall–Kier alpha value is -2.34. The predicted molar refractivity (Wildman–Crippen MR) is 94.5 cm³/mol. The topological polar surface area (TPSA) is 67.5 Å². The molecule has 0 saturated heterocycles. The lowest BCUT2D eigenvalue weighted by Crippen LogP contribution is -2.36. The predicted octanol–water partition coefficient (Wildman–Crippen LogP) is 3.97. The summed E-state index contributed by atoms with van der Waals surface area (Å²) in [6.07, 6.45) is 0.510. The molecular formula is C19H23N3O3. The lowest BCUT2D eigenvalue weighted by atomic mass is 10.1. The third-order valence-electron chi connectivity index (χ3n) is 4.54. The number of hydrogen-bond donors (Lipinski definition) is 1. The summed E-state index contributed by atoms with van der Waals surface area (Å²) >= 11 is 0. The lowest BCUT2D eigenvalue weighted by molar-refractivity contribution is 0.0584. The van der Waals surface area contributed by atoms with Gasteiger partial charge in [-0.05, 0) is 45.7 Å². The van der Waals surface area contributed by atoms with Crippen LogP contribution in [0.1, 0.15) is 50.8 Å². The Balaban J connectivity index is 1.73. The Kier molecular flexibility index (Phi) is 3.61. The van der Waals surface area contributed by atoms with Crippen molar-refractivity contribution in [1.29, 1.82) is 0 Å². The molecule has 6 nitrogen and oxygen atoms in total. The fourth-order valence-corrected chi connectivity index (χ4v) is 3.43. The second kappa shape index (κ2) is 5.59. The summed E-state index contributed by atoms with van der Waals surface area (Å²) in [4.78, 5) is 22.5. The van der Waals surface area contributed by atoms with E-state index < -0.39 is 5.60 Å². The van der Waals surface area contributed by atoms with Crippen LogP contribution in [-0.2, 0) is 22.5 Å². The van der Waals surface area contributed by atoms with E-state index in [0.29, 0.717) is 13.2 Å². The van der Waals surface area contributed by atoms with E-state index in [4.69, 9.17) is 14.5 Å². The summed E-state index contributed by atoms with van der Waals surface area (Å²) in [5.41, 5.74) is 4.42. The number of aromatic nitrogens is 2. The molecule has 4 rings (SSSR count). The minimum Gasteiger partial charge on any atom is -0.443 e. The second-order valence-electron chi connectivity index (χ2n) is 7.60. The van der Waals surface area contributed by atoms with E-state index in [0.717, 1.165) is 40.4 Å². The SMILES string of the molecule is CC1OCc2[nH]c(-c3cccc4c3N(C(=O)OC(C)(C)C)CC4)nc21. The first-order chi connectivity index (χ1) is 11.8. The molecule has 132 valence electrons. The molecule has 25 heavy (non-hydrogen) atoms. The van der Waals surface area contributed by atoms with E-state index in [1.807, 2.05) is 39.8 Å². The van der Waals surface area contributed by atoms with E-state index >= 15 is 0 Å². The average Bonchev–Trinajstić information content (AvgIpc) is 3.21. The molecule has 1 unspecified atom stereocenters. The van der Waals surface area contributed by atoms with Gasteiger partial charge in [-0.1, -0.05) is 12.1 Å². The monoisotopic (exact) mass is 341 g/mol. The second-order valence-corrected chi connectivity index (χ2v) is 7.60. The number of nitrogens with zero attached hydrogens (tertiary/aromatic N) is 2. The molecule has 2 aromatic rings. The van der Waals surface area contributed by atoms with Crippen LogP contribution < -0.4 is 4.90 Å². The number of rotatable bonds is 1. The molecule has 3 heterocycles. The zero-order valence-corrected chi connectivity index (χ0v) is 15.0. The number of anilines is 1. The van der Waals surface area contributed by atoms with Crippen molar-refractivity contribution in [1.82, 2.24) is 9.97 Å². The normalized spacial score (nSPS) is 19.0. The summed E-state index contributed by atoms with van der Waals surface area (Å²) in [5, 5.41) is 0. The summed E-state index contributed by atoms with van der Waals surface area (Å²) < 4.78 is 11.2. The molecule has 1 aromatic carbocycles. The van der Waals surface area contributed by atoms with Crippen LogP contribution in [0.15, 0.2) is 18.2 Å². The van der Waals surface area contributed by atoms with Crippen molar-refractivity contribution in [3.63, 3.8) is 0 Å². The van der Waals surface area contributed by atoms with Gasteiger partial charge in [0.25, 0.3) is 0 Å². The van der Waals surface area contributed by atoms with Crippen molar-refractivity contribution in [2.75, 3.05) is 11.4 Å². The average molecular weight is 341 g/mol. The van der Waals surface area contributed by atoms with Gasteiger partial charge in [0.15, 0.2) is 0 Å². The van der Waals surface area contributed by atoms with Crippen molar-refractivity contribution < 1.29 is 14.3 Å². The Labute approximate surface area is 147 Å². The zero-order valence-electron chi connectivity index (χ0n) is 15.0. The van der Waals surface area contributed by atoms with Crippen molar-refractivity contribution in [2.45, 2.75) is 52.4 Å². The maximum Gasteiger partial charge on any atom is 0.414 e. The molecule has 0 spiro atoms. The smallest absolute Gasteiger partial charge is 0.414 e. The minimum atomic E-state index is -0.520. The van der Waals surface area contributed by atoms with E-state index in [1.54, 1.807) is 4.90 Å². The Morgan fingerprint density at radius 2 is 2.20 bits per heavy atom. The van der Waals surface area contributed by atoms with Crippen molar-refractivity contribution in [3.05, 3.63) is 35.2 Å². The van der Waals surface area contributed by atoms with Gasteiger partial charge in [-0.2, -0.15) is 0 Å². The summed E-state index contributed by atoms with van der Waals surface area (Å²) in [6.45, 7) is 8.82. The van der Waals surface area contributed by atoms with Gasteiger partial charge in [-0.3, -0.25) is 4.90 Å². The Bertz CT molecular complexity index is 835. The van der Waals surface area contributed by atoms with Gasteiger partial charge in [-0.15, -0.1) is 0 Å². The maximum atomic E-state index is 12.7. The zero-order chi connectivity index (χ0) is 17.8. The van der Waals surface area contributed by atoms with Gasteiger partial charge >= 0.3 is 6.09 Å². The molecule has 0 saturated carbocycles. The number of fused-ring (bicyclic) bond motifs is 2. The first kappa shape index (κ1) is 16.1. The van der Waals surface area contributed by atoms with Crippen LogP contribution in [0.25, 0.3) is 11.4 Å². The highest BCUT2D eigenvalue weighted by Crippen LogP contribution is 2.39. The van der Waals surface area contributed by atoms with Crippen LogP contribution in [0.2, 0.25) is 0 Å². The first-order valence-corrected chi connectivity index (χ1v) is 8.66. The van der Waals surface area contributed by atoms with Crippen LogP contribution >= 0.6 is 0 Å². The highest BCUT2D eigenvalue weighted by atomic mass is 16.6. The van der Waals surface area contributed by atoms with Crippen LogP contribution in [0.3, 0.4) is 0 Å². The molecule has 2 aliphatic heterocycles. The number of hydrogen-bond acceptors (Lipinski definition) is 4. The largest absolute Gasteiger partial charge is 0.443 e. The molecule has 1 aromatic heterocycles. The number of carbonyl (C=O) groups excluding carboxylic acids is 1. The number of benzene rings is 1. The van der Waals surface area contributed by atoms with E-state index in [2.05, 4.69) is 11.1 Å². The fraction of sp³-hybridized carbons (Fsp3) is 0.474. The fourth-order valence-electron chi connectivity index (χ4n) is 3.43. The van der Waals surface area contributed by atoms with Gasteiger partial charge in [0, 0.05) is 12.1 Å². The number of carbonyl (C=O) groups is 1. The van der Waals surface area contributed by atoms with E-state index in [9.17, 15) is 4.79 Å². The van der Waals surface area contributed by atoms with Crippen molar-refractivity contribution in [2.24, 2.45) is 0 Å². The molecular weight excluding hydrogens is 318 g/mol. The van der Waals surface area contributed by atoms with Gasteiger partial charge in [0.05, 0.1) is 29.8 Å². The van der Waals surface area contributed by atoms with Crippen LogP contribution in [0, 0.1) is 0 Å². The van der Waals surface area contributed by atoms with Gasteiger partial charge in [-0.25, -0.2) is 9.78 Å². The molecule has 1 amide bonds.